The molecule has 0 aliphatic heterocycles. The van der Waals surface area contributed by atoms with Gasteiger partial charge in [0, 0.05) is 22.3 Å². The highest BCUT2D eigenvalue weighted by atomic mass is 19.4. The van der Waals surface area contributed by atoms with E-state index >= 15 is 0 Å². The zero-order chi connectivity index (χ0) is 18.9. The summed E-state index contributed by atoms with van der Waals surface area (Å²) in [6.07, 6.45) is -3.46. The van der Waals surface area contributed by atoms with Crippen molar-refractivity contribution in [3.05, 3.63) is 64.8 Å². The second-order valence-electron chi connectivity index (χ2n) is 6.27. The van der Waals surface area contributed by atoms with Gasteiger partial charge in [-0.15, -0.1) is 0 Å². The molecule has 3 aromatic rings. The van der Waals surface area contributed by atoms with Crippen molar-refractivity contribution in [1.82, 2.24) is 4.98 Å². The average Bonchev–Trinajstić information content (AvgIpc) is 2.89. The van der Waals surface area contributed by atoms with Gasteiger partial charge >= 0.3 is 6.18 Å². The van der Waals surface area contributed by atoms with Gasteiger partial charge in [-0.3, -0.25) is 4.79 Å². The Morgan fingerprint density at radius 3 is 2.62 bits per heavy atom. The number of carbonyl (C=O) groups excluding carboxylic acids is 1. The van der Waals surface area contributed by atoms with E-state index in [-0.39, 0.29) is 18.0 Å². The monoisotopic (exact) mass is 360 g/mol. The van der Waals surface area contributed by atoms with E-state index in [1.54, 1.807) is 0 Å². The number of halogens is 3. The number of amides is 1. The molecule has 0 saturated carbocycles. The number of hydrogen-bond acceptors (Lipinski definition) is 1. The second-order valence-corrected chi connectivity index (χ2v) is 6.27. The molecular formula is C20H19F3N2O. The Morgan fingerprint density at radius 2 is 1.92 bits per heavy atom. The van der Waals surface area contributed by atoms with Gasteiger partial charge in [0.05, 0.1) is 12.0 Å². The molecule has 3 rings (SSSR count). The Kier molecular flexibility index (Phi) is 4.76. The third-order valence-electron chi connectivity index (χ3n) is 4.40. The summed E-state index contributed by atoms with van der Waals surface area (Å²) in [4.78, 5) is 15.6. The van der Waals surface area contributed by atoms with Crippen LogP contribution in [0.3, 0.4) is 0 Å². The van der Waals surface area contributed by atoms with Gasteiger partial charge in [-0.05, 0) is 54.8 Å². The predicted molar refractivity (Wildman–Crippen MR) is 96.2 cm³/mol. The molecule has 1 aromatic heterocycles. The lowest BCUT2D eigenvalue weighted by Crippen LogP contribution is -2.15. The summed E-state index contributed by atoms with van der Waals surface area (Å²) in [5.74, 6) is -0.352. The van der Waals surface area contributed by atoms with Crippen LogP contribution in [0.5, 0.6) is 0 Å². The third-order valence-corrected chi connectivity index (χ3v) is 4.40. The van der Waals surface area contributed by atoms with Crippen LogP contribution < -0.4 is 5.32 Å². The maximum atomic E-state index is 12.8. The van der Waals surface area contributed by atoms with E-state index in [0.29, 0.717) is 0 Å². The number of aromatic amines is 1. The van der Waals surface area contributed by atoms with Crippen molar-refractivity contribution in [2.45, 2.75) is 32.9 Å². The first kappa shape index (κ1) is 18.0. The number of aromatic nitrogens is 1. The highest BCUT2D eigenvalue weighted by Crippen LogP contribution is 2.31. The Bertz CT molecular complexity index is 957. The van der Waals surface area contributed by atoms with E-state index in [4.69, 9.17) is 0 Å². The molecule has 0 atom stereocenters. The molecule has 0 bridgehead atoms. The van der Waals surface area contributed by atoms with Crippen molar-refractivity contribution >= 4 is 22.5 Å². The number of H-pyrrole nitrogens is 1. The smallest absolute Gasteiger partial charge is 0.358 e. The van der Waals surface area contributed by atoms with Crippen LogP contribution >= 0.6 is 0 Å². The number of alkyl halides is 3. The van der Waals surface area contributed by atoms with Crippen LogP contribution in [-0.4, -0.2) is 10.9 Å². The SMILES string of the molecule is CCc1ccc2[nH]c(C)c(CC(=O)Nc3cccc(C(F)(F)F)c3)c2c1. The average molecular weight is 360 g/mol. The van der Waals surface area contributed by atoms with Crippen molar-refractivity contribution in [2.24, 2.45) is 0 Å². The molecule has 2 aromatic carbocycles. The zero-order valence-electron chi connectivity index (χ0n) is 14.5. The molecule has 0 fully saturated rings. The fraction of sp³-hybridized carbons (Fsp3) is 0.250. The van der Waals surface area contributed by atoms with Crippen LogP contribution in [-0.2, 0) is 23.8 Å². The quantitative estimate of drug-likeness (QED) is 0.657. The molecule has 26 heavy (non-hydrogen) atoms. The fourth-order valence-corrected chi connectivity index (χ4v) is 3.02. The van der Waals surface area contributed by atoms with Gasteiger partial charge in [-0.2, -0.15) is 13.2 Å². The Labute approximate surface area is 149 Å². The molecule has 1 amide bonds. The van der Waals surface area contributed by atoms with Crippen molar-refractivity contribution in [3.63, 3.8) is 0 Å². The summed E-state index contributed by atoms with van der Waals surface area (Å²) in [5.41, 5.74) is 3.20. The first-order chi connectivity index (χ1) is 12.3. The van der Waals surface area contributed by atoms with E-state index in [1.807, 2.05) is 25.1 Å². The van der Waals surface area contributed by atoms with Crippen molar-refractivity contribution in [3.8, 4) is 0 Å². The topological polar surface area (TPSA) is 44.9 Å². The molecular weight excluding hydrogens is 341 g/mol. The normalized spacial score (nSPS) is 11.7. The van der Waals surface area contributed by atoms with E-state index in [2.05, 4.69) is 17.2 Å². The van der Waals surface area contributed by atoms with Crippen LogP contribution in [0.1, 0.15) is 29.3 Å². The minimum Gasteiger partial charge on any atom is -0.358 e. The van der Waals surface area contributed by atoms with Gasteiger partial charge in [0.1, 0.15) is 0 Å². The molecule has 0 unspecified atom stereocenters. The number of rotatable bonds is 4. The lowest BCUT2D eigenvalue weighted by Gasteiger charge is -2.10. The number of hydrogen-bond donors (Lipinski definition) is 2. The number of fused-ring (bicyclic) bond motifs is 1. The number of anilines is 1. The van der Waals surface area contributed by atoms with E-state index < -0.39 is 11.7 Å². The molecule has 3 nitrogen and oxygen atoms in total. The summed E-state index contributed by atoms with van der Waals surface area (Å²) in [6.45, 7) is 3.94. The largest absolute Gasteiger partial charge is 0.416 e. The summed E-state index contributed by atoms with van der Waals surface area (Å²) < 4.78 is 38.4. The molecule has 0 saturated heterocycles. The van der Waals surface area contributed by atoms with Gasteiger partial charge in [0.25, 0.3) is 0 Å². The minimum atomic E-state index is -4.44. The van der Waals surface area contributed by atoms with Gasteiger partial charge < -0.3 is 10.3 Å². The fourth-order valence-electron chi connectivity index (χ4n) is 3.02. The van der Waals surface area contributed by atoms with Crippen LogP contribution in [0.2, 0.25) is 0 Å². The van der Waals surface area contributed by atoms with E-state index in [0.717, 1.165) is 46.3 Å². The highest BCUT2D eigenvalue weighted by molar-refractivity contribution is 5.96. The van der Waals surface area contributed by atoms with E-state index in [1.165, 1.54) is 12.1 Å². The minimum absolute atomic E-state index is 0.0925. The number of aryl methyl sites for hydroxylation is 2. The Balaban J connectivity index is 1.83. The standard InChI is InChI=1S/C20H19F3N2O/c1-3-13-7-8-18-17(9-13)16(12(2)24-18)11-19(26)25-15-6-4-5-14(10-15)20(21,22)23/h4-10,24H,3,11H2,1-2H3,(H,25,26). The Morgan fingerprint density at radius 1 is 1.15 bits per heavy atom. The molecule has 0 aliphatic rings. The first-order valence-electron chi connectivity index (χ1n) is 8.35. The van der Waals surface area contributed by atoms with Crippen molar-refractivity contribution in [2.75, 3.05) is 5.32 Å². The maximum absolute atomic E-state index is 12.8. The molecule has 1 heterocycles. The second kappa shape index (κ2) is 6.86. The van der Waals surface area contributed by atoms with Gasteiger partial charge in [-0.1, -0.05) is 19.1 Å². The van der Waals surface area contributed by atoms with Crippen LogP contribution in [0.4, 0.5) is 18.9 Å². The van der Waals surface area contributed by atoms with Crippen LogP contribution in [0.25, 0.3) is 10.9 Å². The molecule has 6 heteroatoms. The lowest BCUT2D eigenvalue weighted by atomic mass is 10.0. The van der Waals surface area contributed by atoms with E-state index in [9.17, 15) is 18.0 Å². The Hall–Kier alpha value is -2.76. The van der Waals surface area contributed by atoms with Gasteiger partial charge in [0.15, 0.2) is 0 Å². The summed E-state index contributed by atoms with van der Waals surface area (Å²) in [5, 5.41) is 3.53. The molecule has 0 spiro atoms. The molecule has 136 valence electrons. The van der Waals surface area contributed by atoms with Gasteiger partial charge in [0.2, 0.25) is 5.91 Å². The number of nitrogens with one attached hydrogen (secondary N) is 2. The zero-order valence-corrected chi connectivity index (χ0v) is 14.5. The summed E-state index contributed by atoms with van der Waals surface area (Å²) in [6, 6.07) is 10.7. The van der Waals surface area contributed by atoms with Crippen molar-refractivity contribution in [1.29, 1.82) is 0 Å². The van der Waals surface area contributed by atoms with Crippen molar-refractivity contribution < 1.29 is 18.0 Å². The first-order valence-corrected chi connectivity index (χ1v) is 8.35. The van der Waals surface area contributed by atoms with Crippen LogP contribution in [0, 0.1) is 6.92 Å². The van der Waals surface area contributed by atoms with Gasteiger partial charge in [-0.25, -0.2) is 0 Å². The molecule has 0 radical (unpaired) electrons. The van der Waals surface area contributed by atoms with Crippen LogP contribution in [0.15, 0.2) is 42.5 Å². The lowest BCUT2D eigenvalue weighted by molar-refractivity contribution is -0.137. The summed E-state index contributed by atoms with van der Waals surface area (Å²) in [7, 11) is 0. The molecule has 0 aliphatic carbocycles. The summed E-state index contributed by atoms with van der Waals surface area (Å²) >= 11 is 0. The molecule has 2 N–H and O–H groups in total. The highest BCUT2D eigenvalue weighted by Gasteiger charge is 2.30. The number of benzene rings is 2. The predicted octanol–water partition coefficient (Wildman–Crippen LogP) is 5.24. The number of carbonyl (C=O) groups is 1. The third kappa shape index (κ3) is 3.74. The maximum Gasteiger partial charge on any atom is 0.416 e.